The predicted octanol–water partition coefficient (Wildman–Crippen LogP) is 4.27. The van der Waals surface area contributed by atoms with Gasteiger partial charge in [-0.15, -0.1) is 0 Å². The lowest BCUT2D eigenvalue weighted by Gasteiger charge is -2.70. The number of hydrogen-bond acceptors (Lipinski definition) is 0. The highest BCUT2D eigenvalue weighted by Gasteiger charge is 2.64. The Bertz CT molecular complexity index is 312. The van der Waals surface area contributed by atoms with Crippen molar-refractivity contribution in [1.82, 2.24) is 0 Å². The lowest BCUT2D eigenvalue weighted by atomic mass is 9.34. The maximum absolute atomic E-state index is 2.56. The molecule has 4 aliphatic rings. The van der Waals surface area contributed by atoms with E-state index >= 15 is 0 Å². The number of rotatable bonds is 1. The van der Waals surface area contributed by atoms with Crippen LogP contribution in [0.1, 0.15) is 47.0 Å². The minimum absolute atomic E-state index is 0.703. The molecule has 0 N–H and O–H groups in total. The Kier molecular flexibility index (Phi) is 1.92. The van der Waals surface area contributed by atoms with Crippen LogP contribution in [0.25, 0.3) is 0 Å². The highest BCUT2D eigenvalue weighted by molar-refractivity contribution is 5.28. The largest absolute Gasteiger partial charge is 0.0850 e. The van der Waals surface area contributed by atoms with Crippen molar-refractivity contribution in [2.45, 2.75) is 47.0 Å². The molecule has 2 fully saturated rings. The summed E-state index contributed by atoms with van der Waals surface area (Å²) in [6, 6.07) is 0. The smallest absolute Gasteiger partial charge is 0.0115 e. The van der Waals surface area contributed by atoms with E-state index in [1.807, 2.05) is 0 Å². The van der Waals surface area contributed by atoms with E-state index in [1.165, 1.54) is 19.3 Å². The van der Waals surface area contributed by atoms with Gasteiger partial charge in [0.15, 0.2) is 0 Å². The Morgan fingerprint density at radius 3 is 2.73 bits per heavy atom. The van der Waals surface area contributed by atoms with E-state index < -0.39 is 0 Å². The zero-order valence-electron chi connectivity index (χ0n) is 10.6. The molecule has 0 aromatic rings. The molecule has 0 amide bonds. The zero-order valence-corrected chi connectivity index (χ0v) is 10.6. The molecule has 2 saturated carbocycles. The SMILES string of the molecule is CC1=CC[C@@H]2C3[C@@H](C(C)C)CCC2(C)[C@@H]13. The van der Waals surface area contributed by atoms with Gasteiger partial charge in [-0.3, -0.25) is 0 Å². The molecular formula is C15H24. The first-order chi connectivity index (χ1) is 7.05. The van der Waals surface area contributed by atoms with Gasteiger partial charge in [0, 0.05) is 0 Å². The molecule has 2 unspecified atom stereocenters. The first-order valence-corrected chi connectivity index (χ1v) is 6.72. The fourth-order valence-electron chi connectivity index (χ4n) is 5.25. The van der Waals surface area contributed by atoms with Gasteiger partial charge in [-0.25, -0.2) is 0 Å². The molecule has 0 radical (unpaired) electrons. The van der Waals surface area contributed by atoms with Crippen LogP contribution in [0.5, 0.6) is 0 Å². The maximum atomic E-state index is 2.56. The molecule has 0 aliphatic heterocycles. The fraction of sp³-hybridized carbons (Fsp3) is 0.867. The van der Waals surface area contributed by atoms with Crippen LogP contribution in [0.4, 0.5) is 0 Å². The van der Waals surface area contributed by atoms with Crippen LogP contribution >= 0.6 is 0 Å². The Morgan fingerprint density at radius 1 is 1.40 bits per heavy atom. The van der Waals surface area contributed by atoms with Crippen LogP contribution in [-0.2, 0) is 0 Å². The molecule has 0 heteroatoms. The minimum atomic E-state index is 0.703. The molecule has 0 heterocycles. The molecule has 0 spiro atoms. The van der Waals surface area contributed by atoms with Gasteiger partial charge in [-0.1, -0.05) is 32.4 Å². The summed E-state index contributed by atoms with van der Waals surface area (Å²) >= 11 is 0. The first-order valence-electron chi connectivity index (χ1n) is 6.72. The van der Waals surface area contributed by atoms with Crippen molar-refractivity contribution in [3.8, 4) is 0 Å². The van der Waals surface area contributed by atoms with E-state index in [4.69, 9.17) is 0 Å². The van der Waals surface area contributed by atoms with E-state index in [1.54, 1.807) is 5.57 Å². The molecule has 0 saturated heterocycles. The summed E-state index contributed by atoms with van der Waals surface area (Å²) in [5.41, 5.74) is 2.42. The van der Waals surface area contributed by atoms with Crippen molar-refractivity contribution in [1.29, 1.82) is 0 Å². The summed E-state index contributed by atoms with van der Waals surface area (Å²) in [7, 11) is 0. The van der Waals surface area contributed by atoms with E-state index in [-0.39, 0.29) is 0 Å². The third-order valence-electron chi connectivity index (χ3n) is 5.96. The second kappa shape index (κ2) is 2.90. The van der Waals surface area contributed by atoms with Gasteiger partial charge in [-0.2, -0.15) is 0 Å². The molecule has 0 aromatic heterocycles. The summed E-state index contributed by atoms with van der Waals surface area (Å²) in [6.45, 7) is 9.81. The van der Waals surface area contributed by atoms with Crippen LogP contribution in [0.3, 0.4) is 0 Å². The molecule has 4 rings (SSSR count). The lowest BCUT2D eigenvalue weighted by molar-refractivity contribution is -0.181. The Labute approximate surface area is 94.1 Å². The Hall–Kier alpha value is -0.260. The summed E-state index contributed by atoms with van der Waals surface area (Å²) in [4.78, 5) is 0. The number of hydrogen-bond donors (Lipinski definition) is 0. The second-order valence-electron chi connectivity index (χ2n) is 6.80. The van der Waals surface area contributed by atoms with Crippen LogP contribution < -0.4 is 0 Å². The Balaban J connectivity index is 1.95. The maximum Gasteiger partial charge on any atom is -0.0115 e. The summed E-state index contributed by atoms with van der Waals surface area (Å²) in [5.74, 6) is 4.96. The van der Waals surface area contributed by atoms with Crippen molar-refractivity contribution < 1.29 is 0 Å². The van der Waals surface area contributed by atoms with Crippen LogP contribution in [0.2, 0.25) is 0 Å². The van der Waals surface area contributed by atoms with E-state index in [0.29, 0.717) is 5.41 Å². The lowest BCUT2D eigenvalue weighted by Crippen LogP contribution is -2.63. The molecule has 4 aliphatic carbocycles. The standard InChI is InChI=1S/C15H24/c1-9(2)11-7-8-15(4)12-6-5-10(3)14(15)13(11)12/h5,9,11-14H,6-8H2,1-4H3/t11-,12-,13?,14+,15?/m1/s1. The van der Waals surface area contributed by atoms with Gasteiger partial charge in [0.05, 0.1) is 0 Å². The van der Waals surface area contributed by atoms with E-state index in [2.05, 4.69) is 33.8 Å². The minimum Gasteiger partial charge on any atom is -0.0850 e. The molecule has 15 heavy (non-hydrogen) atoms. The van der Waals surface area contributed by atoms with E-state index in [9.17, 15) is 0 Å². The van der Waals surface area contributed by atoms with Crippen molar-refractivity contribution in [2.75, 3.05) is 0 Å². The normalized spacial score (nSPS) is 52.5. The monoisotopic (exact) mass is 204 g/mol. The summed E-state index contributed by atoms with van der Waals surface area (Å²) in [6.07, 6.45) is 6.90. The molecule has 0 aromatic carbocycles. The zero-order chi connectivity index (χ0) is 10.8. The number of fused-ring (bicyclic) bond motifs is 1. The van der Waals surface area contributed by atoms with Crippen molar-refractivity contribution in [2.24, 2.45) is 35.0 Å². The van der Waals surface area contributed by atoms with Gasteiger partial charge in [-0.05, 0) is 61.2 Å². The van der Waals surface area contributed by atoms with Crippen molar-refractivity contribution in [3.05, 3.63) is 11.6 Å². The highest BCUT2D eigenvalue weighted by Crippen LogP contribution is 2.71. The average Bonchev–Trinajstić information content (AvgIpc) is 2.17. The van der Waals surface area contributed by atoms with Crippen LogP contribution in [0, 0.1) is 35.0 Å². The van der Waals surface area contributed by atoms with Gasteiger partial charge < -0.3 is 0 Å². The second-order valence-corrected chi connectivity index (χ2v) is 6.80. The third kappa shape index (κ3) is 1.04. The predicted molar refractivity (Wildman–Crippen MR) is 64.5 cm³/mol. The van der Waals surface area contributed by atoms with E-state index in [0.717, 1.165) is 29.6 Å². The van der Waals surface area contributed by atoms with Crippen LogP contribution in [0.15, 0.2) is 11.6 Å². The molecule has 84 valence electrons. The fourth-order valence-corrected chi connectivity index (χ4v) is 5.25. The highest BCUT2D eigenvalue weighted by atomic mass is 14.7. The van der Waals surface area contributed by atoms with Crippen molar-refractivity contribution in [3.63, 3.8) is 0 Å². The third-order valence-corrected chi connectivity index (χ3v) is 5.96. The quantitative estimate of drug-likeness (QED) is 0.559. The molecular weight excluding hydrogens is 180 g/mol. The first kappa shape index (κ1) is 9.93. The Morgan fingerprint density at radius 2 is 2.13 bits per heavy atom. The molecule has 5 atom stereocenters. The summed E-state index contributed by atoms with van der Waals surface area (Å²) in [5, 5.41) is 0. The van der Waals surface area contributed by atoms with Gasteiger partial charge in [0.1, 0.15) is 0 Å². The summed E-state index contributed by atoms with van der Waals surface area (Å²) < 4.78 is 0. The van der Waals surface area contributed by atoms with Gasteiger partial charge in [0.25, 0.3) is 0 Å². The van der Waals surface area contributed by atoms with Gasteiger partial charge >= 0.3 is 0 Å². The van der Waals surface area contributed by atoms with Crippen molar-refractivity contribution >= 4 is 0 Å². The van der Waals surface area contributed by atoms with Gasteiger partial charge in [0.2, 0.25) is 0 Å². The average molecular weight is 204 g/mol. The molecule has 0 nitrogen and oxygen atoms in total. The van der Waals surface area contributed by atoms with Crippen LogP contribution in [-0.4, -0.2) is 0 Å². The number of allylic oxidation sites excluding steroid dienone is 2. The molecule has 4 bridgehead atoms. The topological polar surface area (TPSA) is 0 Å².